The summed E-state index contributed by atoms with van der Waals surface area (Å²) in [5.41, 5.74) is 1.16. The van der Waals surface area contributed by atoms with E-state index < -0.39 is 18.0 Å². The average molecular weight is 375 g/mol. The number of piperidine rings is 1. The predicted octanol–water partition coefficient (Wildman–Crippen LogP) is 4.45. The molecule has 1 aliphatic heterocycles. The Morgan fingerprint density at radius 1 is 1.11 bits per heavy atom. The number of aliphatic hydroxyl groups excluding tert-OH is 1. The zero-order valence-corrected chi connectivity index (χ0v) is 14.6. The number of aromatic nitrogens is 2. The second-order valence-electron chi connectivity index (χ2n) is 6.93. The molecule has 142 valence electrons. The van der Waals surface area contributed by atoms with Crippen LogP contribution >= 0.6 is 0 Å². The fourth-order valence-electron chi connectivity index (χ4n) is 3.88. The van der Waals surface area contributed by atoms with Crippen LogP contribution in [-0.4, -0.2) is 33.1 Å². The number of likely N-dealkylation sites (tertiary alicyclic amines) is 1. The molecule has 0 radical (unpaired) electrons. The smallest absolute Gasteiger partial charge is 0.373 e. The molecule has 2 aromatic heterocycles. The van der Waals surface area contributed by atoms with Crippen molar-refractivity contribution in [3.63, 3.8) is 0 Å². The molecule has 2 N–H and O–H groups in total. The molecule has 1 atom stereocenters. The Bertz CT molecular complexity index is 896. The lowest BCUT2D eigenvalue weighted by molar-refractivity contribution is -0.138. The first-order valence-electron chi connectivity index (χ1n) is 8.95. The number of nitrogens with one attached hydrogen (secondary N) is 1. The molecule has 7 heteroatoms. The van der Waals surface area contributed by atoms with Gasteiger partial charge in [-0.25, -0.2) is 4.98 Å². The number of hydrogen-bond acceptors (Lipinski definition) is 3. The summed E-state index contributed by atoms with van der Waals surface area (Å²) in [5, 5.41) is 11.6. The maximum absolute atomic E-state index is 13.3. The van der Waals surface area contributed by atoms with Gasteiger partial charge in [0, 0.05) is 24.7 Å². The molecule has 0 amide bonds. The zero-order valence-electron chi connectivity index (χ0n) is 14.6. The molecule has 3 heterocycles. The van der Waals surface area contributed by atoms with E-state index >= 15 is 0 Å². The molecular formula is C20H20F3N3O. The van der Waals surface area contributed by atoms with Gasteiger partial charge in [0.25, 0.3) is 0 Å². The van der Waals surface area contributed by atoms with E-state index in [0.29, 0.717) is 42.8 Å². The van der Waals surface area contributed by atoms with Gasteiger partial charge < -0.3 is 10.1 Å². The minimum absolute atomic E-state index is 0.157. The second-order valence-corrected chi connectivity index (χ2v) is 6.93. The molecule has 0 aliphatic carbocycles. The lowest BCUT2D eigenvalue weighted by atomic mass is 9.86. The molecule has 0 spiro atoms. The first kappa shape index (κ1) is 18.0. The van der Waals surface area contributed by atoms with E-state index in [0.717, 1.165) is 11.5 Å². The monoisotopic (exact) mass is 375 g/mol. The Hall–Kier alpha value is -2.38. The SMILES string of the molecule is OC(c1cc2cccnc2[nH]1)N1CCC(c2ccccc2C(F)(F)F)CC1. The first-order valence-corrected chi connectivity index (χ1v) is 8.95. The van der Waals surface area contributed by atoms with Gasteiger partial charge in [-0.3, -0.25) is 4.90 Å². The van der Waals surface area contributed by atoms with Gasteiger partial charge in [0.1, 0.15) is 11.9 Å². The summed E-state index contributed by atoms with van der Waals surface area (Å²) in [5.74, 6) is -0.157. The van der Waals surface area contributed by atoms with E-state index in [9.17, 15) is 18.3 Å². The second kappa shape index (κ2) is 6.98. The fourth-order valence-corrected chi connectivity index (χ4v) is 3.88. The molecule has 3 aromatic rings. The summed E-state index contributed by atoms with van der Waals surface area (Å²) < 4.78 is 39.8. The summed E-state index contributed by atoms with van der Waals surface area (Å²) >= 11 is 0. The lowest BCUT2D eigenvalue weighted by Gasteiger charge is -2.35. The number of fused-ring (bicyclic) bond motifs is 1. The van der Waals surface area contributed by atoms with E-state index in [-0.39, 0.29) is 5.92 Å². The van der Waals surface area contributed by atoms with Crippen LogP contribution in [0.4, 0.5) is 13.2 Å². The summed E-state index contributed by atoms with van der Waals surface area (Å²) in [6.45, 7) is 1.06. The highest BCUT2D eigenvalue weighted by Crippen LogP contribution is 2.39. The van der Waals surface area contributed by atoms with Crippen LogP contribution in [0.5, 0.6) is 0 Å². The van der Waals surface area contributed by atoms with E-state index in [1.807, 2.05) is 23.1 Å². The van der Waals surface area contributed by atoms with Crippen molar-refractivity contribution >= 4 is 11.0 Å². The highest BCUT2D eigenvalue weighted by Gasteiger charge is 2.36. The highest BCUT2D eigenvalue weighted by atomic mass is 19.4. The molecule has 0 saturated carbocycles. The number of nitrogens with zero attached hydrogens (tertiary/aromatic N) is 2. The Morgan fingerprint density at radius 3 is 2.56 bits per heavy atom. The summed E-state index contributed by atoms with van der Waals surface area (Å²) in [4.78, 5) is 9.22. The number of aromatic amines is 1. The van der Waals surface area contributed by atoms with Crippen LogP contribution in [0.1, 0.15) is 41.8 Å². The van der Waals surface area contributed by atoms with Crippen LogP contribution in [0.3, 0.4) is 0 Å². The number of benzene rings is 1. The maximum Gasteiger partial charge on any atom is 0.416 e. The molecule has 1 fully saturated rings. The van der Waals surface area contributed by atoms with E-state index in [2.05, 4.69) is 9.97 Å². The Labute approximate surface area is 154 Å². The molecule has 27 heavy (non-hydrogen) atoms. The van der Waals surface area contributed by atoms with E-state index in [4.69, 9.17) is 0 Å². The minimum atomic E-state index is -4.34. The van der Waals surface area contributed by atoms with E-state index in [1.54, 1.807) is 18.3 Å². The lowest BCUT2D eigenvalue weighted by Crippen LogP contribution is -2.36. The fraction of sp³-hybridized carbons (Fsp3) is 0.350. The van der Waals surface area contributed by atoms with Crippen molar-refractivity contribution < 1.29 is 18.3 Å². The third-order valence-electron chi connectivity index (χ3n) is 5.27. The van der Waals surface area contributed by atoms with Gasteiger partial charge in [0.05, 0.1) is 11.3 Å². The zero-order chi connectivity index (χ0) is 19.0. The van der Waals surface area contributed by atoms with Crippen LogP contribution in [0.15, 0.2) is 48.7 Å². The minimum Gasteiger partial charge on any atom is -0.373 e. The maximum atomic E-state index is 13.3. The number of pyridine rings is 1. The number of rotatable bonds is 3. The summed E-state index contributed by atoms with van der Waals surface area (Å²) in [7, 11) is 0. The van der Waals surface area contributed by atoms with Crippen molar-refractivity contribution in [2.24, 2.45) is 0 Å². The summed E-state index contributed by atoms with van der Waals surface area (Å²) in [6.07, 6.45) is -2.34. The largest absolute Gasteiger partial charge is 0.416 e. The van der Waals surface area contributed by atoms with Gasteiger partial charge in [-0.1, -0.05) is 18.2 Å². The number of H-pyrrole nitrogens is 1. The van der Waals surface area contributed by atoms with Crippen molar-refractivity contribution in [2.45, 2.75) is 31.2 Å². The highest BCUT2D eigenvalue weighted by molar-refractivity contribution is 5.76. The van der Waals surface area contributed by atoms with Gasteiger partial charge in [-0.2, -0.15) is 13.2 Å². The summed E-state index contributed by atoms with van der Waals surface area (Å²) in [6, 6.07) is 11.4. The Morgan fingerprint density at radius 2 is 1.85 bits per heavy atom. The molecule has 1 saturated heterocycles. The topological polar surface area (TPSA) is 52.2 Å². The van der Waals surface area contributed by atoms with Crippen LogP contribution < -0.4 is 0 Å². The number of alkyl halides is 3. The third kappa shape index (κ3) is 3.57. The molecule has 0 bridgehead atoms. The molecule has 1 aromatic carbocycles. The quantitative estimate of drug-likeness (QED) is 0.711. The standard InChI is InChI=1S/C20H20F3N3O/c21-20(22,23)16-6-2-1-5-15(16)13-7-10-26(11-8-13)19(27)17-12-14-4-3-9-24-18(14)25-17/h1-6,9,12-13,19,27H,7-8,10-11H2,(H,24,25). The molecular weight excluding hydrogens is 355 g/mol. The van der Waals surface area contributed by atoms with E-state index in [1.165, 1.54) is 6.07 Å². The van der Waals surface area contributed by atoms with Crippen molar-refractivity contribution in [3.8, 4) is 0 Å². The number of halogens is 3. The first-order chi connectivity index (χ1) is 12.9. The molecule has 4 nitrogen and oxygen atoms in total. The Balaban J connectivity index is 1.48. The predicted molar refractivity (Wildman–Crippen MR) is 96.0 cm³/mol. The van der Waals surface area contributed by atoms with Crippen molar-refractivity contribution in [1.29, 1.82) is 0 Å². The average Bonchev–Trinajstić information content (AvgIpc) is 3.11. The van der Waals surface area contributed by atoms with Gasteiger partial charge in [0.15, 0.2) is 0 Å². The Kier molecular flexibility index (Phi) is 4.65. The van der Waals surface area contributed by atoms with Crippen molar-refractivity contribution in [1.82, 2.24) is 14.9 Å². The van der Waals surface area contributed by atoms with Crippen LogP contribution in [-0.2, 0) is 6.18 Å². The normalized spacial score (nSPS) is 18.1. The molecule has 4 rings (SSSR count). The van der Waals surface area contributed by atoms with Crippen molar-refractivity contribution in [2.75, 3.05) is 13.1 Å². The van der Waals surface area contributed by atoms with Crippen LogP contribution in [0, 0.1) is 0 Å². The number of aliphatic hydroxyl groups is 1. The van der Waals surface area contributed by atoms with Gasteiger partial charge in [0.2, 0.25) is 0 Å². The molecule has 1 aliphatic rings. The van der Waals surface area contributed by atoms with Crippen molar-refractivity contribution in [3.05, 3.63) is 65.5 Å². The third-order valence-corrected chi connectivity index (χ3v) is 5.27. The van der Waals surface area contributed by atoms with Gasteiger partial charge >= 0.3 is 6.18 Å². The van der Waals surface area contributed by atoms with Gasteiger partial charge in [-0.05, 0) is 48.6 Å². The van der Waals surface area contributed by atoms with Crippen LogP contribution in [0.2, 0.25) is 0 Å². The van der Waals surface area contributed by atoms with Gasteiger partial charge in [-0.15, -0.1) is 0 Å². The molecule has 1 unspecified atom stereocenters. The van der Waals surface area contributed by atoms with Crippen LogP contribution in [0.25, 0.3) is 11.0 Å². The number of hydrogen-bond donors (Lipinski definition) is 2.